The fourth-order valence-electron chi connectivity index (χ4n) is 2.83. The minimum atomic E-state index is -0.947. The summed E-state index contributed by atoms with van der Waals surface area (Å²) in [5.41, 5.74) is 4.82. The number of rotatable bonds is 6. The third-order valence-corrected chi connectivity index (χ3v) is 3.99. The van der Waals surface area contributed by atoms with E-state index in [0.717, 1.165) is 4.68 Å². The number of aliphatic hydroxyl groups is 1. The van der Waals surface area contributed by atoms with Crippen molar-refractivity contribution < 1.29 is 9.90 Å². The summed E-state index contributed by atoms with van der Waals surface area (Å²) in [5.74, 6) is -0.660. The smallest absolute Gasteiger partial charge is 0.275 e. The van der Waals surface area contributed by atoms with Crippen LogP contribution in [0.4, 0.5) is 0 Å². The SMILES string of the molecule is CC(C)(O)Cn1ccc(CC(C(N)=O)n2ncc3ccccc3c2=O)n1. The number of fused-ring (bicyclic) bond motifs is 1. The van der Waals surface area contributed by atoms with Gasteiger partial charge in [0, 0.05) is 18.0 Å². The highest BCUT2D eigenvalue weighted by atomic mass is 16.3. The number of carbonyl (C=O) groups excluding carboxylic acids is 1. The quantitative estimate of drug-likeness (QED) is 0.673. The van der Waals surface area contributed by atoms with Gasteiger partial charge in [0.1, 0.15) is 6.04 Å². The molecule has 3 aromatic rings. The van der Waals surface area contributed by atoms with Crippen molar-refractivity contribution in [2.24, 2.45) is 5.73 Å². The van der Waals surface area contributed by atoms with Crippen molar-refractivity contribution in [3.8, 4) is 0 Å². The molecule has 0 saturated heterocycles. The molecule has 3 N–H and O–H groups in total. The first-order valence-electron chi connectivity index (χ1n) is 8.25. The van der Waals surface area contributed by atoms with Gasteiger partial charge in [-0.15, -0.1) is 0 Å². The van der Waals surface area contributed by atoms with Gasteiger partial charge in [0.05, 0.1) is 29.4 Å². The Kier molecular flexibility index (Phi) is 4.60. The van der Waals surface area contributed by atoms with Gasteiger partial charge in [0.15, 0.2) is 0 Å². The van der Waals surface area contributed by atoms with Crippen molar-refractivity contribution in [1.29, 1.82) is 0 Å². The van der Waals surface area contributed by atoms with E-state index in [0.29, 0.717) is 23.0 Å². The van der Waals surface area contributed by atoms with E-state index in [1.165, 1.54) is 0 Å². The van der Waals surface area contributed by atoms with Crippen LogP contribution in [-0.2, 0) is 17.8 Å². The summed E-state index contributed by atoms with van der Waals surface area (Å²) in [6.07, 6.45) is 3.39. The first kappa shape index (κ1) is 17.8. The van der Waals surface area contributed by atoms with Crippen molar-refractivity contribution in [1.82, 2.24) is 19.6 Å². The Morgan fingerprint density at radius 1 is 1.31 bits per heavy atom. The number of hydrogen-bond donors (Lipinski definition) is 2. The van der Waals surface area contributed by atoms with Gasteiger partial charge in [0.25, 0.3) is 5.56 Å². The minimum Gasteiger partial charge on any atom is -0.389 e. The molecule has 0 saturated carbocycles. The summed E-state index contributed by atoms with van der Waals surface area (Å²) >= 11 is 0. The molecule has 2 aromatic heterocycles. The first-order chi connectivity index (χ1) is 12.2. The van der Waals surface area contributed by atoms with Crippen molar-refractivity contribution in [3.05, 3.63) is 58.8 Å². The zero-order chi connectivity index (χ0) is 18.9. The molecular weight excluding hydrogens is 334 g/mol. The summed E-state index contributed by atoms with van der Waals surface area (Å²) in [7, 11) is 0. The monoisotopic (exact) mass is 355 g/mol. The van der Waals surface area contributed by atoms with Crippen molar-refractivity contribution in [2.45, 2.75) is 38.5 Å². The predicted molar refractivity (Wildman–Crippen MR) is 96.5 cm³/mol. The average Bonchev–Trinajstić information content (AvgIpc) is 2.98. The molecule has 0 spiro atoms. The van der Waals surface area contributed by atoms with Crippen LogP contribution < -0.4 is 11.3 Å². The van der Waals surface area contributed by atoms with Crippen LogP contribution in [0.5, 0.6) is 0 Å². The lowest BCUT2D eigenvalue weighted by atomic mass is 10.1. The van der Waals surface area contributed by atoms with Crippen LogP contribution in [0.1, 0.15) is 25.6 Å². The van der Waals surface area contributed by atoms with Gasteiger partial charge in [-0.2, -0.15) is 10.2 Å². The van der Waals surface area contributed by atoms with E-state index >= 15 is 0 Å². The largest absolute Gasteiger partial charge is 0.389 e. The van der Waals surface area contributed by atoms with E-state index in [-0.39, 0.29) is 12.0 Å². The van der Waals surface area contributed by atoms with Crippen LogP contribution in [-0.4, -0.2) is 36.2 Å². The zero-order valence-corrected chi connectivity index (χ0v) is 14.7. The number of aromatic nitrogens is 4. The number of primary amides is 1. The predicted octanol–water partition coefficient (Wildman–Crippen LogP) is 0.633. The maximum atomic E-state index is 12.7. The second-order valence-corrected chi connectivity index (χ2v) is 6.92. The minimum absolute atomic E-state index is 0.138. The van der Waals surface area contributed by atoms with E-state index in [1.807, 2.05) is 6.07 Å². The summed E-state index contributed by atoms with van der Waals surface area (Å²) in [5, 5.41) is 19.5. The highest BCUT2D eigenvalue weighted by Crippen LogP contribution is 2.14. The Hall–Kier alpha value is -3.00. The van der Waals surface area contributed by atoms with Crippen LogP contribution in [0.2, 0.25) is 0 Å². The lowest BCUT2D eigenvalue weighted by Crippen LogP contribution is -2.37. The molecule has 2 heterocycles. The van der Waals surface area contributed by atoms with E-state index in [2.05, 4.69) is 10.2 Å². The molecular formula is C18H21N5O3. The van der Waals surface area contributed by atoms with Gasteiger partial charge in [-0.05, 0) is 26.0 Å². The Balaban J connectivity index is 1.93. The third kappa shape index (κ3) is 3.80. The van der Waals surface area contributed by atoms with Crippen LogP contribution in [0.15, 0.2) is 47.5 Å². The van der Waals surface area contributed by atoms with Gasteiger partial charge >= 0.3 is 0 Å². The summed E-state index contributed by atoms with van der Waals surface area (Å²) in [6, 6.07) is 7.82. The van der Waals surface area contributed by atoms with Crippen molar-refractivity contribution >= 4 is 16.7 Å². The van der Waals surface area contributed by atoms with Crippen LogP contribution >= 0.6 is 0 Å². The fourth-order valence-corrected chi connectivity index (χ4v) is 2.83. The molecule has 0 fully saturated rings. The number of amides is 1. The first-order valence-corrected chi connectivity index (χ1v) is 8.25. The Morgan fingerprint density at radius 2 is 2.04 bits per heavy atom. The topological polar surface area (TPSA) is 116 Å². The molecule has 0 bridgehead atoms. The van der Waals surface area contributed by atoms with Gasteiger partial charge in [-0.3, -0.25) is 14.3 Å². The van der Waals surface area contributed by atoms with Crippen LogP contribution in [0, 0.1) is 0 Å². The molecule has 26 heavy (non-hydrogen) atoms. The second kappa shape index (κ2) is 6.72. The molecule has 1 atom stereocenters. The molecule has 0 radical (unpaired) electrons. The maximum Gasteiger partial charge on any atom is 0.275 e. The number of carbonyl (C=O) groups is 1. The third-order valence-electron chi connectivity index (χ3n) is 3.99. The molecule has 1 aromatic carbocycles. The van der Waals surface area contributed by atoms with E-state index in [9.17, 15) is 14.7 Å². The lowest BCUT2D eigenvalue weighted by Gasteiger charge is -2.17. The molecule has 1 amide bonds. The Labute approximate surface area is 149 Å². The number of hydrogen-bond acceptors (Lipinski definition) is 5. The van der Waals surface area contributed by atoms with E-state index in [1.54, 1.807) is 55.2 Å². The molecule has 3 rings (SSSR count). The maximum absolute atomic E-state index is 12.7. The van der Waals surface area contributed by atoms with Gasteiger partial charge in [0.2, 0.25) is 5.91 Å². The van der Waals surface area contributed by atoms with Gasteiger partial charge in [-0.1, -0.05) is 18.2 Å². The average molecular weight is 355 g/mol. The molecule has 8 nitrogen and oxygen atoms in total. The molecule has 0 aliphatic rings. The van der Waals surface area contributed by atoms with Gasteiger partial charge in [-0.25, -0.2) is 4.68 Å². The highest BCUT2D eigenvalue weighted by molar-refractivity contribution is 5.82. The molecule has 8 heteroatoms. The molecule has 1 unspecified atom stereocenters. The summed E-state index contributed by atoms with van der Waals surface area (Å²) in [4.78, 5) is 24.7. The Bertz CT molecular complexity index is 1000. The normalized spacial score (nSPS) is 13.0. The standard InChI is InChI=1S/C18H21N5O3/c1-18(2,26)11-22-8-7-13(21-22)9-15(16(19)24)23-17(25)14-6-4-3-5-12(14)10-20-23/h3-8,10,15,26H,9,11H2,1-2H3,(H2,19,24). The summed E-state index contributed by atoms with van der Waals surface area (Å²) in [6.45, 7) is 3.67. The number of nitrogens with zero attached hydrogens (tertiary/aromatic N) is 4. The van der Waals surface area contributed by atoms with Crippen LogP contribution in [0.3, 0.4) is 0 Å². The lowest BCUT2D eigenvalue weighted by molar-refractivity contribution is -0.121. The van der Waals surface area contributed by atoms with E-state index < -0.39 is 17.6 Å². The molecule has 0 aliphatic carbocycles. The molecule has 136 valence electrons. The summed E-state index contributed by atoms with van der Waals surface area (Å²) < 4.78 is 2.70. The van der Waals surface area contributed by atoms with Crippen molar-refractivity contribution in [2.75, 3.05) is 0 Å². The fraction of sp³-hybridized carbons (Fsp3) is 0.333. The van der Waals surface area contributed by atoms with Crippen molar-refractivity contribution in [3.63, 3.8) is 0 Å². The highest BCUT2D eigenvalue weighted by Gasteiger charge is 2.23. The number of benzene rings is 1. The second-order valence-electron chi connectivity index (χ2n) is 6.92. The number of nitrogens with two attached hydrogens (primary N) is 1. The van der Waals surface area contributed by atoms with Gasteiger partial charge < -0.3 is 10.8 Å². The van der Waals surface area contributed by atoms with E-state index in [4.69, 9.17) is 5.73 Å². The van der Waals surface area contributed by atoms with Crippen LogP contribution in [0.25, 0.3) is 10.8 Å². The zero-order valence-electron chi connectivity index (χ0n) is 14.7. The molecule has 0 aliphatic heterocycles. The Morgan fingerprint density at radius 3 is 2.73 bits per heavy atom.